The summed E-state index contributed by atoms with van der Waals surface area (Å²) in [6, 6.07) is 33.7. The second kappa shape index (κ2) is 9.12. The number of aromatic nitrogens is 1. The quantitative estimate of drug-likeness (QED) is 0.294. The molecule has 0 spiro atoms. The van der Waals surface area contributed by atoms with Gasteiger partial charge in [-0.15, -0.1) is 0 Å². The summed E-state index contributed by atoms with van der Waals surface area (Å²) in [5, 5.41) is 5.58. The molecule has 32 heavy (non-hydrogen) atoms. The summed E-state index contributed by atoms with van der Waals surface area (Å²) in [5.41, 5.74) is 3.50. The Kier molecular flexibility index (Phi) is 5.73. The van der Waals surface area contributed by atoms with Crippen molar-refractivity contribution >= 4 is 34.1 Å². The normalized spacial score (nSPS) is 10.9. The van der Waals surface area contributed by atoms with Crippen LogP contribution in [0.1, 0.15) is 0 Å². The summed E-state index contributed by atoms with van der Waals surface area (Å²) in [7, 11) is 0. The Hall–Kier alpha value is -3.83. The maximum absolute atomic E-state index is 12.7. The number of rotatable bonds is 6. The van der Waals surface area contributed by atoms with Gasteiger partial charge >= 0.3 is 0 Å². The fourth-order valence-corrected chi connectivity index (χ4v) is 4.21. The number of anilines is 1. The topological polar surface area (TPSA) is 55.1 Å². The minimum absolute atomic E-state index is 0.105. The monoisotopic (exact) mass is 436 g/mol. The largest absolute Gasteiger partial charge is 0.431 e. The summed E-state index contributed by atoms with van der Waals surface area (Å²) >= 11 is 1.29. The second-order valence-electron chi connectivity index (χ2n) is 7.25. The molecule has 0 unspecified atom stereocenters. The van der Waals surface area contributed by atoms with Crippen LogP contribution < -0.4 is 5.32 Å². The van der Waals surface area contributed by atoms with Gasteiger partial charge in [-0.1, -0.05) is 109 Å². The third-order valence-electron chi connectivity index (χ3n) is 5.08. The molecule has 5 aromatic rings. The number of carbonyl (C=O) groups is 1. The Morgan fingerprint density at radius 2 is 1.44 bits per heavy atom. The average molecular weight is 437 g/mol. The van der Waals surface area contributed by atoms with E-state index < -0.39 is 0 Å². The molecule has 0 aliphatic carbocycles. The molecule has 4 aromatic carbocycles. The highest BCUT2D eigenvalue weighted by Gasteiger charge is 2.18. The van der Waals surface area contributed by atoms with Gasteiger partial charge in [0, 0.05) is 22.2 Å². The van der Waals surface area contributed by atoms with Crippen molar-refractivity contribution in [3.05, 3.63) is 103 Å². The first-order valence-electron chi connectivity index (χ1n) is 10.3. The smallest absolute Gasteiger partial charge is 0.257 e. The van der Waals surface area contributed by atoms with E-state index in [1.165, 1.54) is 11.8 Å². The highest BCUT2D eigenvalue weighted by molar-refractivity contribution is 7.99. The van der Waals surface area contributed by atoms with Gasteiger partial charge in [-0.05, 0) is 11.5 Å². The van der Waals surface area contributed by atoms with E-state index in [0.29, 0.717) is 11.0 Å². The van der Waals surface area contributed by atoms with Crippen molar-refractivity contribution in [2.24, 2.45) is 0 Å². The van der Waals surface area contributed by atoms with Crippen LogP contribution >= 0.6 is 11.8 Å². The van der Waals surface area contributed by atoms with Crippen molar-refractivity contribution in [3.8, 4) is 22.6 Å². The van der Waals surface area contributed by atoms with E-state index in [9.17, 15) is 4.79 Å². The van der Waals surface area contributed by atoms with Crippen LogP contribution in [0.3, 0.4) is 0 Å². The van der Waals surface area contributed by atoms with E-state index in [2.05, 4.69) is 5.32 Å². The third kappa shape index (κ3) is 4.29. The lowest BCUT2D eigenvalue weighted by molar-refractivity contribution is -0.113. The fourth-order valence-electron chi connectivity index (χ4n) is 3.59. The van der Waals surface area contributed by atoms with Crippen LogP contribution in [0.4, 0.5) is 5.69 Å². The molecule has 0 aliphatic rings. The highest BCUT2D eigenvalue weighted by atomic mass is 32.2. The molecule has 0 aliphatic heterocycles. The number of hydrogen-bond donors (Lipinski definition) is 1. The van der Waals surface area contributed by atoms with Crippen molar-refractivity contribution in [1.82, 2.24) is 4.98 Å². The molecule has 0 fully saturated rings. The van der Waals surface area contributed by atoms with E-state index in [-0.39, 0.29) is 11.7 Å². The number of amides is 1. The van der Waals surface area contributed by atoms with Gasteiger partial charge in [-0.25, -0.2) is 4.98 Å². The zero-order chi connectivity index (χ0) is 21.8. The van der Waals surface area contributed by atoms with Crippen LogP contribution in [0, 0.1) is 0 Å². The van der Waals surface area contributed by atoms with E-state index in [0.717, 1.165) is 33.3 Å². The first-order chi connectivity index (χ1) is 15.8. The number of benzene rings is 4. The Morgan fingerprint density at radius 3 is 2.22 bits per heavy atom. The molecule has 1 aromatic heterocycles. The Bertz CT molecular complexity index is 1300. The zero-order valence-corrected chi connectivity index (χ0v) is 18.0. The van der Waals surface area contributed by atoms with Gasteiger partial charge in [0.25, 0.3) is 5.22 Å². The van der Waals surface area contributed by atoms with E-state index in [1.54, 1.807) is 0 Å². The van der Waals surface area contributed by atoms with Gasteiger partial charge in [-0.2, -0.15) is 0 Å². The molecule has 0 saturated carbocycles. The molecule has 1 heterocycles. The van der Waals surface area contributed by atoms with Crippen molar-refractivity contribution < 1.29 is 9.21 Å². The summed E-state index contributed by atoms with van der Waals surface area (Å²) < 4.78 is 6.10. The number of oxazole rings is 1. The summed E-state index contributed by atoms with van der Waals surface area (Å²) in [4.78, 5) is 17.4. The van der Waals surface area contributed by atoms with Gasteiger partial charge in [0.05, 0.1) is 5.75 Å². The van der Waals surface area contributed by atoms with Crippen LogP contribution in [0.2, 0.25) is 0 Å². The maximum Gasteiger partial charge on any atom is 0.257 e. The van der Waals surface area contributed by atoms with Crippen molar-refractivity contribution in [3.63, 3.8) is 0 Å². The number of nitrogens with zero attached hydrogens (tertiary/aromatic N) is 1. The molecule has 4 nitrogen and oxygen atoms in total. The zero-order valence-electron chi connectivity index (χ0n) is 17.2. The number of nitrogens with one attached hydrogen (secondary N) is 1. The van der Waals surface area contributed by atoms with Crippen molar-refractivity contribution in [2.45, 2.75) is 5.22 Å². The number of fused-ring (bicyclic) bond motifs is 1. The highest BCUT2D eigenvalue weighted by Crippen LogP contribution is 2.35. The average Bonchev–Trinajstić information content (AvgIpc) is 3.29. The molecular formula is C27H20N2O2S. The molecule has 0 bridgehead atoms. The summed E-state index contributed by atoms with van der Waals surface area (Å²) in [5.74, 6) is 0.799. The molecule has 5 rings (SSSR count). The molecule has 0 radical (unpaired) electrons. The van der Waals surface area contributed by atoms with E-state index >= 15 is 0 Å². The van der Waals surface area contributed by atoms with E-state index in [4.69, 9.17) is 9.40 Å². The predicted molar refractivity (Wildman–Crippen MR) is 131 cm³/mol. The van der Waals surface area contributed by atoms with Crippen LogP contribution in [0.25, 0.3) is 33.4 Å². The third-order valence-corrected chi connectivity index (χ3v) is 5.91. The molecule has 0 atom stereocenters. The maximum atomic E-state index is 12.7. The molecule has 0 saturated heterocycles. The number of thioether (sulfide) groups is 1. The first-order valence-corrected chi connectivity index (χ1v) is 11.3. The molecule has 1 amide bonds. The van der Waals surface area contributed by atoms with E-state index in [1.807, 2.05) is 103 Å². The van der Waals surface area contributed by atoms with Crippen LogP contribution in [0.5, 0.6) is 0 Å². The van der Waals surface area contributed by atoms with Gasteiger partial charge in [-0.3, -0.25) is 4.79 Å². The van der Waals surface area contributed by atoms with Gasteiger partial charge < -0.3 is 9.73 Å². The molecule has 1 N–H and O–H groups in total. The number of hydrogen-bond acceptors (Lipinski definition) is 4. The fraction of sp³-hybridized carbons (Fsp3) is 0.0370. The minimum Gasteiger partial charge on any atom is -0.431 e. The Balaban J connectivity index is 1.36. The lowest BCUT2D eigenvalue weighted by Gasteiger charge is -2.08. The Labute approximate surface area is 190 Å². The predicted octanol–water partition coefficient (Wildman–Crippen LogP) is 6.89. The Morgan fingerprint density at radius 1 is 0.781 bits per heavy atom. The van der Waals surface area contributed by atoms with Crippen molar-refractivity contribution in [1.29, 1.82) is 0 Å². The van der Waals surface area contributed by atoms with Gasteiger partial charge in [0.1, 0.15) is 5.69 Å². The first kappa shape index (κ1) is 20.1. The van der Waals surface area contributed by atoms with Crippen molar-refractivity contribution in [2.75, 3.05) is 11.1 Å². The van der Waals surface area contributed by atoms with Gasteiger partial charge in [0.2, 0.25) is 5.91 Å². The minimum atomic E-state index is -0.105. The van der Waals surface area contributed by atoms with Crippen LogP contribution in [-0.4, -0.2) is 16.6 Å². The van der Waals surface area contributed by atoms with Gasteiger partial charge in [0.15, 0.2) is 5.76 Å². The lowest BCUT2D eigenvalue weighted by atomic mass is 10.1. The summed E-state index contributed by atoms with van der Waals surface area (Å²) in [6.45, 7) is 0. The van der Waals surface area contributed by atoms with Crippen LogP contribution in [0.15, 0.2) is 113 Å². The number of carbonyl (C=O) groups excluding carboxylic acids is 1. The lowest BCUT2D eigenvalue weighted by Crippen LogP contribution is -2.14. The summed E-state index contributed by atoms with van der Waals surface area (Å²) in [6.07, 6.45) is 0. The molecule has 156 valence electrons. The molecule has 5 heteroatoms. The molecular weight excluding hydrogens is 416 g/mol. The van der Waals surface area contributed by atoms with Crippen LogP contribution in [-0.2, 0) is 4.79 Å². The standard InChI is InChI=1S/C27H20N2O2S/c30-24(28-23-17-9-15-19-10-7-8-16-22(19)23)18-32-27-29-25(20-11-3-1-4-12-20)26(31-27)21-13-5-2-6-14-21/h1-17H,18H2,(H,28,30). The SMILES string of the molecule is O=C(CSc1nc(-c2ccccc2)c(-c2ccccc2)o1)Nc1cccc2ccccc12. The second-order valence-corrected chi connectivity index (χ2v) is 8.18.